The van der Waals surface area contributed by atoms with Gasteiger partial charge in [-0.05, 0) is 20.3 Å². The van der Waals surface area contributed by atoms with Crippen molar-refractivity contribution in [3.63, 3.8) is 0 Å². The molecule has 128 valence electrons. The van der Waals surface area contributed by atoms with E-state index >= 15 is 0 Å². The molecule has 10 nitrogen and oxygen atoms in total. The van der Waals surface area contributed by atoms with E-state index in [1.165, 1.54) is 12.7 Å². The Balaban J connectivity index is 1.36. The molecule has 0 aliphatic heterocycles. The smallest absolute Gasteiger partial charge is 0.254 e. The highest BCUT2D eigenvalue weighted by Crippen LogP contribution is 2.11. The Hall–Kier alpha value is -3.30. The van der Waals surface area contributed by atoms with Gasteiger partial charge in [0, 0.05) is 36.6 Å². The van der Waals surface area contributed by atoms with E-state index < -0.39 is 0 Å². The zero-order valence-electron chi connectivity index (χ0n) is 14.0. The van der Waals surface area contributed by atoms with Crippen LogP contribution in [0.15, 0.2) is 24.8 Å². The zero-order valence-corrected chi connectivity index (χ0v) is 14.0. The van der Waals surface area contributed by atoms with Crippen molar-refractivity contribution in [3.8, 4) is 0 Å². The van der Waals surface area contributed by atoms with Crippen molar-refractivity contribution in [3.05, 3.63) is 36.2 Å². The largest absolute Gasteiger partial charge is 0.370 e. The molecule has 4 rings (SSSR count). The number of hydrogen-bond donors (Lipinski definition) is 2. The van der Waals surface area contributed by atoms with Gasteiger partial charge in [0.15, 0.2) is 0 Å². The highest BCUT2D eigenvalue weighted by atomic mass is 15.4. The second-order valence-electron chi connectivity index (χ2n) is 5.72. The topological polar surface area (TPSA) is 110 Å². The predicted molar refractivity (Wildman–Crippen MR) is 92.6 cm³/mol. The average Bonchev–Trinajstić information content (AvgIpc) is 3.22. The molecule has 0 radical (unpaired) electrons. The normalized spacial score (nSPS) is 11.3. The first-order valence-corrected chi connectivity index (χ1v) is 8.03. The third-order valence-electron chi connectivity index (χ3n) is 3.73. The number of hydrogen-bond acceptors (Lipinski definition) is 8. The molecule has 0 aromatic carbocycles. The number of aromatic nitrogens is 8. The highest BCUT2D eigenvalue weighted by Gasteiger charge is 2.06. The zero-order chi connectivity index (χ0) is 17.2. The van der Waals surface area contributed by atoms with E-state index in [-0.39, 0.29) is 0 Å². The standard InChI is InChI=1S/C15H18N10/c1-10-6-12(24-14(22-10)18-8-20-24)16-4-3-5-17-13-7-11(2)23-15-19-9-21-25(13)15/h6-9,16-17H,3-5H2,1-2H3. The number of nitrogens with zero attached hydrogens (tertiary/aromatic N) is 8. The molecule has 0 spiro atoms. The van der Waals surface area contributed by atoms with E-state index in [9.17, 15) is 0 Å². The Labute approximate surface area is 143 Å². The lowest BCUT2D eigenvalue weighted by atomic mass is 10.3. The molecule has 10 heteroatoms. The molecule has 4 aromatic heterocycles. The van der Waals surface area contributed by atoms with Crippen LogP contribution in [0.25, 0.3) is 11.6 Å². The first-order valence-electron chi connectivity index (χ1n) is 8.03. The minimum atomic E-state index is 0.599. The third kappa shape index (κ3) is 3.05. The summed E-state index contributed by atoms with van der Waals surface area (Å²) in [7, 11) is 0. The molecule has 25 heavy (non-hydrogen) atoms. The van der Waals surface area contributed by atoms with Crippen LogP contribution in [0, 0.1) is 13.8 Å². The Morgan fingerprint density at radius 3 is 1.76 bits per heavy atom. The predicted octanol–water partition coefficient (Wildman–Crippen LogP) is 1.09. The van der Waals surface area contributed by atoms with Crippen LogP contribution < -0.4 is 10.6 Å². The fourth-order valence-electron chi connectivity index (χ4n) is 2.63. The fourth-order valence-corrected chi connectivity index (χ4v) is 2.63. The maximum atomic E-state index is 4.33. The summed E-state index contributed by atoms with van der Waals surface area (Å²) in [6, 6.07) is 3.92. The van der Waals surface area contributed by atoms with Crippen molar-refractivity contribution >= 4 is 23.2 Å². The van der Waals surface area contributed by atoms with Crippen molar-refractivity contribution in [2.75, 3.05) is 23.7 Å². The van der Waals surface area contributed by atoms with Gasteiger partial charge in [-0.3, -0.25) is 0 Å². The SMILES string of the molecule is Cc1cc(NCCCNc2cc(C)nc3ncnn23)n2ncnc2n1. The van der Waals surface area contributed by atoms with E-state index in [1.54, 1.807) is 9.03 Å². The van der Waals surface area contributed by atoms with Gasteiger partial charge < -0.3 is 10.6 Å². The molecule has 4 aromatic rings. The Morgan fingerprint density at radius 2 is 1.28 bits per heavy atom. The van der Waals surface area contributed by atoms with Crippen molar-refractivity contribution in [2.45, 2.75) is 20.3 Å². The summed E-state index contributed by atoms with van der Waals surface area (Å²) < 4.78 is 3.40. The van der Waals surface area contributed by atoms with Crippen LogP contribution in [0.4, 0.5) is 11.6 Å². The van der Waals surface area contributed by atoms with Crippen LogP contribution in [0.5, 0.6) is 0 Å². The van der Waals surface area contributed by atoms with Crippen molar-refractivity contribution in [1.29, 1.82) is 0 Å². The number of fused-ring (bicyclic) bond motifs is 2. The molecule has 0 aliphatic rings. The van der Waals surface area contributed by atoms with Crippen LogP contribution in [-0.2, 0) is 0 Å². The molecule has 0 amide bonds. The van der Waals surface area contributed by atoms with Gasteiger partial charge in [0.2, 0.25) is 0 Å². The average molecular weight is 338 g/mol. The second-order valence-corrected chi connectivity index (χ2v) is 5.72. The van der Waals surface area contributed by atoms with Gasteiger partial charge in [0.25, 0.3) is 11.6 Å². The minimum Gasteiger partial charge on any atom is -0.370 e. The van der Waals surface area contributed by atoms with Crippen molar-refractivity contribution < 1.29 is 0 Å². The van der Waals surface area contributed by atoms with E-state index in [1.807, 2.05) is 26.0 Å². The Morgan fingerprint density at radius 1 is 0.800 bits per heavy atom. The maximum absolute atomic E-state index is 4.33. The first-order chi connectivity index (χ1) is 12.2. The van der Waals surface area contributed by atoms with Crippen LogP contribution in [-0.4, -0.2) is 52.3 Å². The summed E-state index contributed by atoms with van der Waals surface area (Å²) in [4.78, 5) is 16.9. The number of anilines is 2. The Kier molecular flexibility index (Phi) is 3.84. The number of aryl methyl sites for hydroxylation is 2. The lowest BCUT2D eigenvalue weighted by Gasteiger charge is -2.10. The van der Waals surface area contributed by atoms with E-state index in [2.05, 4.69) is 40.8 Å². The van der Waals surface area contributed by atoms with Crippen LogP contribution in [0.1, 0.15) is 17.8 Å². The molecule has 0 aliphatic carbocycles. The van der Waals surface area contributed by atoms with Gasteiger partial charge in [-0.15, -0.1) is 0 Å². The van der Waals surface area contributed by atoms with E-state index in [4.69, 9.17) is 0 Å². The summed E-state index contributed by atoms with van der Waals surface area (Å²) in [5, 5.41) is 15.1. The number of rotatable bonds is 6. The minimum absolute atomic E-state index is 0.599. The molecule has 4 heterocycles. The highest BCUT2D eigenvalue weighted by molar-refractivity contribution is 5.45. The van der Waals surface area contributed by atoms with Crippen LogP contribution >= 0.6 is 0 Å². The molecule has 2 N–H and O–H groups in total. The fraction of sp³-hybridized carbons (Fsp3) is 0.333. The van der Waals surface area contributed by atoms with Gasteiger partial charge in [-0.1, -0.05) is 0 Å². The summed E-state index contributed by atoms with van der Waals surface area (Å²) in [6.45, 7) is 5.46. The second kappa shape index (κ2) is 6.30. The molecule has 0 bridgehead atoms. The summed E-state index contributed by atoms with van der Waals surface area (Å²) in [5.74, 6) is 2.97. The quantitative estimate of drug-likeness (QED) is 0.503. The maximum Gasteiger partial charge on any atom is 0.254 e. The van der Waals surface area contributed by atoms with Gasteiger partial charge in [-0.25, -0.2) is 9.97 Å². The molecular formula is C15H18N10. The number of nitrogens with one attached hydrogen (secondary N) is 2. The molecule has 0 unspecified atom stereocenters. The van der Waals surface area contributed by atoms with E-state index in [0.29, 0.717) is 11.6 Å². The Bertz CT molecular complexity index is 936. The molecule has 0 fully saturated rings. The van der Waals surface area contributed by atoms with Gasteiger partial charge >= 0.3 is 0 Å². The summed E-state index contributed by atoms with van der Waals surface area (Å²) in [5.41, 5.74) is 1.81. The first kappa shape index (κ1) is 15.2. The molecule has 0 saturated heterocycles. The van der Waals surface area contributed by atoms with Gasteiger partial charge in [0.05, 0.1) is 0 Å². The van der Waals surface area contributed by atoms with Crippen LogP contribution in [0.2, 0.25) is 0 Å². The lowest BCUT2D eigenvalue weighted by molar-refractivity contribution is 0.853. The van der Waals surface area contributed by atoms with Crippen LogP contribution in [0.3, 0.4) is 0 Å². The van der Waals surface area contributed by atoms with E-state index in [0.717, 1.165) is 42.5 Å². The molecule has 0 atom stereocenters. The monoisotopic (exact) mass is 338 g/mol. The molecular weight excluding hydrogens is 320 g/mol. The van der Waals surface area contributed by atoms with Gasteiger partial charge in [0.1, 0.15) is 24.3 Å². The summed E-state index contributed by atoms with van der Waals surface area (Å²) in [6.07, 6.45) is 3.92. The molecule has 0 saturated carbocycles. The third-order valence-corrected chi connectivity index (χ3v) is 3.73. The van der Waals surface area contributed by atoms with Crippen molar-refractivity contribution in [1.82, 2.24) is 39.2 Å². The summed E-state index contributed by atoms with van der Waals surface area (Å²) >= 11 is 0. The van der Waals surface area contributed by atoms with Crippen molar-refractivity contribution in [2.24, 2.45) is 0 Å². The van der Waals surface area contributed by atoms with Gasteiger partial charge in [-0.2, -0.15) is 29.2 Å². The lowest BCUT2D eigenvalue weighted by Crippen LogP contribution is -2.14.